The van der Waals surface area contributed by atoms with Gasteiger partial charge in [-0.3, -0.25) is 9.69 Å². The summed E-state index contributed by atoms with van der Waals surface area (Å²) in [6.07, 6.45) is 1.87. The van der Waals surface area contributed by atoms with Gasteiger partial charge in [-0.15, -0.1) is 0 Å². The molecule has 1 fully saturated rings. The number of benzene rings is 1. The van der Waals surface area contributed by atoms with Gasteiger partial charge in [-0.1, -0.05) is 0 Å². The van der Waals surface area contributed by atoms with Crippen molar-refractivity contribution in [3.8, 4) is 0 Å². The number of anilines is 1. The molecule has 0 aliphatic carbocycles. The molecule has 1 aromatic carbocycles. The maximum absolute atomic E-state index is 13.5. The van der Waals surface area contributed by atoms with Crippen molar-refractivity contribution in [2.24, 2.45) is 0 Å². The lowest BCUT2D eigenvalue weighted by Crippen LogP contribution is -2.44. The molecule has 0 spiro atoms. The summed E-state index contributed by atoms with van der Waals surface area (Å²) in [6.45, 7) is 1.87. The van der Waals surface area contributed by atoms with Crippen molar-refractivity contribution in [1.29, 1.82) is 0 Å². The second kappa shape index (κ2) is 6.91. The van der Waals surface area contributed by atoms with E-state index in [9.17, 15) is 18.0 Å². The molecule has 116 valence electrons. The van der Waals surface area contributed by atoms with Crippen LogP contribution >= 0.6 is 0 Å². The van der Waals surface area contributed by atoms with Crippen LogP contribution < -0.4 is 10.6 Å². The zero-order chi connectivity index (χ0) is 15.4. The van der Waals surface area contributed by atoms with E-state index in [0.29, 0.717) is 0 Å². The van der Waals surface area contributed by atoms with Gasteiger partial charge in [0.15, 0.2) is 17.5 Å². The fourth-order valence-corrected chi connectivity index (χ4v) is 2.42. The van der Waals surface area contributed by atoms with Crippen LogP contribution in [-0.2, 0) is 4.79 Å². The lowest BCUT2D eigenvalue weighted by Gasteiger charge is -2.31. The summed E-state index contributed by atoms with van der Waals surface area (Å²) in [7, 11) is 1.82. The van der Waals surface area contributed by atoms with Crippen molar-refractivity contribution in [2.75, 3.05) is 32.0 Å². The number of likely N-dealkylation sites (N-methyl/N-ethyl adjacent to an activating group) is 1. The number of amides is 1. The Morgan fingerprint density at radius 2 is 1.95 bits per heavy atom. The average molecular weight is 301 g/mol. The Bertz CT molecular complexity index is 518. The van der Waals surface area contributed by atoms with E-state index in [0.717, 1.165) is 38.1 Å². The van der Waals surface area contributed by atoms with Gasteiger partial charge in [0.25, 0.3) is 0 Å². The first-order valence-electron chi connectivity index (χ1n) is 6.83. The summed E-state index contributed by atoms with van der Waals surface area (Å²) in [5.74, 6) is -4.70. The molecule has 0 aromatic heterocycles. The van der Waals surface area contributed by atoms with E-state index in [1.165, 1.54) is 0 Å². The highest BCUT2D eigenvalue weighted by Gasteiger charge is 2.21. The molecule has 7 heteroatoms. The number of carbonyl (C=O) groups is 1. The van der Waals surface area contributed by atoms with Crippen molar-refractivity contribution in [1.82, 2.24) is 10.2 Å². The standard InChI is InChI=1S/C14H18F3N3O/c1-20(9-4-6-18-7-5-9)8-12(21)19-11-3-2-10(15)13(16)14(11)17/h2-3,9,18H,4-8H2,1H3,(H,19,21). The SMILES string of the molecule is CN(CC(=O)Nc1ccc(F)c(F)c1F)C1CCNCC1. The van der Waals surface area contributed by atoms with Crippen LogP contribution in [0, 0.1) is 17.5 Å². The number of hydrogen-bond acceptors (Lipinski definition) is 3. The van der Waals surface area contributed by atoms with Crippen molar-refractivity contribution < 1.29 is 18.0 Å². The number of nitrogens with zero attached hydrogens (tertiary/aromatic N) is 1. The number of carbonyl (C=O) groups excluding carboxylic acids is 1. The molecule has 21 heavy (non-hydrogen) atoms. The maximum atomic E-state index is 13.5. The van der Waals surface area contributed by atoms with Crippen LogP contribution in [0.25, 0.3) is 0 Å². The summed E-state index contributed by atoms with van der Waals surface area (Å²) in [5.41, 5.74) is -0.349. The van der Waals surface area contributed by atoms with Crippen molar-refractivity contribution in [3.63, 3.8) is 0 Å². The summed E-state index contributed by atoms with van der Waals surface area (Å²) >= 11 is 0. The molecule has 1 aliphatic heterocycles. The highest BCUT2D eigenvalue weighted by molar-refractivity contribution is 5.92. The van der Waals surface area contributed by atoms with Crippen molar-refractivity contribution >= 4 is 11.6 Å². The normalized spacial score (nSPS) is 16.2. The Morgan fingerprint density at radius 3 is 2.62 bits per heavy atom. The number of piperidine rings is 1. The van der Waals surface area contributed by atoms with Crippen LogP contribution in [0.15, 0.2) is 12.1 Å². The minimum absolute atomic E-state index is 0.0725. The third-order valence-electron chi connectivity index (χ3n) is 3.63. The Morgan fingerprint density at radius 1 is 1.29 bits per heavy atom. The molecule has 1 aromatic rings. The van der Waals surface area contributed by atoms with Crippen LogP contribution in [0.2, 0.25) is 0 Å². The summed E-state index contributed by atoms with van der Waals surface area (Å²) in [6, 6.07) is 2.08. The van der Waals surface area contributed by atoms with Crippen LogP contribution in [0.5, 0.6) is 0 Å². The van der Waals surface area contributed by atoms with Crippen LogP contribution in [0.1, 0.15) is 12.8 Å². The van der Waals surface area contributed by atoms with Crippen LogP contribution in [-0.4, -0.2) is 43.5 Å². The Labute approximate surface area is 121 Å². The predicted molar refractivity (Wildman–Crippen MR) is 73.5 cm³/mol. The highest BCUT2D eigenvalue weighted by atomic mass is 19.2. The van der Waals surface area contributed by atoms with Gasteiger partial charge in [-0.25, -0.2) is 13.2 Å². The molecular formula is C14H18F3N3O. The molecule has 1 heterocycles. The Kier molecular flexibility index (Phi) is 5.19. The fourth-order valence-electron chi connectivity index (χ4n) is 2.42. The topological polar surface area (TPSA) is 44.4 Å². The first-order valence-corrected chi connectivity index (χ1v) is 6.83. The van der Waals surface area contributed by atoms with Gasteiger partial charge in [-0.05, 0) is 45.1 Å². The van der Waals surface area contributed by atoms with Gasteiger partial charge >= 0.3 is 0 Å². The van der Waals surface area contributed by atoms with E-state index in [1.54, 1.807) is 0 Å². The largest absolute Gasteiger partial charge is 0.322 e. The second-order valence-electron chi connectivity index (χ2n) is 5.17. The monoisotopic (exact) mass is 301 g/mol. The van der Waals surface area contributed by atoms with Crippen LogP contribution in [0.4, 0.5) is 18.9 Å². The lowest BCUT2D eigenvalue weighted by molar-refractivity contribution is -0.117. The van der Waals surface area contributed by atoms with Gasteiger partial charge in [0.2, 0.25) is 5.91 Å². The quantitative estimate of drug-likeness (QED) is 0.833. The summed E-state index contributed by atoms with van der Waals surface area (Å²) < 4.78 is 39.3. The van der Waals surface area contributed by atoms with E-state index in [-0.39, 0.29) is 18.3 Å². The third-order valence-corrected chi connectivity index (χ3v) is 3.63. The van der Waals surface area contributed by atoms with E-state index >= 15 is 0 Å². The molecule has 1 aliphatic rings. The minimum atomic E-state index is -1.58. The van der Waals surface area contributed by atoms with Gasteiger partial charge in [0, 0.05) is 6.04 Å². The molecule has 0 atom stereocenters. The van der Waals surface area contributed by atoms with E-state index in [1.807, 2.05) is 11.9 Å². The number of rotatable bonds is 4. The molecule has 2 N–H and O–H groups in total. The van der Waals surface area contributed by atoms with E-state index < -0.39 is 23.4 Å². The van der Waals surface area contributed by atoms with E-state index in [4.69, 9.17) is 0 Å². The zero-order valence-corrected chi connectivity index (χ0v) is 11.8. The minimum Gasteiger partial charge on any atom is -0.322 e. The van der Waals surface area contributed by atoms with Gasteiger partial charge in [-0.2, -0.15) is 0 Å². The first kappa shape index (κ1) is 15.8. The molecule has 2 rings (SSSR count). The van der Waals surface area contributed by atoms with Crippen molar-refractivity contribution in [3.05, 3.63) is 29.6 Å². The summed E-state index contributed by atoms with van der Waals surface area (Å²) in [4.78, 5) is 13.7. The number of nitrogens with one attached hydrogen (secondary N) is 2. The molecule has 1 saturated heterocycles. The second-order valence-corrected chi connectivity index (χ2v) is 5.17. The molecule has 0 unspecified atom stereocenters. The van der Waals surface area contributed by atoms with Crippen molar-refractivity contribution in [2.45, 2.75) is 18.9 Å². The summed E-state index contributed by atoms with van der Waals surface area (Å²) in [5, 5.41) is 5.50. The van der Waals surface area contributed by atoms with Crippen LogP contribution in [0.3, 0.4) is 0 Å². The lowest BCUT2D eigenvalue weighted by atomic mass is 10.1. The highest BCUT2D eigenvalue weighted by Crippen LogP contribution is 2.19. The molecule has 4 nitrogen and oxygen atoms in total. The van der Waals surface area contributed by atoms with Gasteiger partial charge in [0.1, 0.15) is 0 Å². The van der Waals surface area contributed by atoms with Gasteiger partial charge in [0.05, 0.1) is 12.2 Å². The molecule has 0 radical (unpaired) electrons. The number of hydrogen-bond donors (Lipinski definition) is 2. The Hall–Kier alpha value is -1.60. The molecule has 0 bridgehead atoms. The third kappa shape index (κ3) is 3.95. The van der Waals surface area contributed by atoms with Gasteiger partial charge < -0.3 is 10.6 Å². The smallest absolute Gasteiger partial charge is 0.238 e. The van der Waals surface area contributed by atoms with E-state index in [2.05, 4.69) is 10.6 Å². The molecular weight excluding hydrogens is 283 g/mol. The average Bonchev–Trinajstić information content (AvgIpc) is 2.49. The predicted octanol–water partition coefficient (Wildman–Crippen LogP) is 1.73. The molecule has 1 amide bonds. The number of halogens is 3. The fraction of sp³-hybridized carbons (Fsp3) is 0.500. The first-order chi connectivity index (χ1) is 9.99. The maximum Gasteiger partial charge on any atom is 0.238 e. The molecule has 0 saturated carbocycles. The Balaban J connectivity index is 1.94. The zero-order valence-electron chi connectivity index (χ0n) is 11.8.